The van der Waals surface area contributed by atoms with Gasteiger partial charge in [-0.25, -0.2) is 8.42 Å². The molecule has 202 valence electrons. The van der Waals surface area contributed by atoms with Gasteiger partial charge in [0.2, 0.25) is 28.6 Å². The molecule has 37 heavy (non-hydrogen) atoms. The molecule has 2 amide bonds. The molecule has 9 nitrogen and oxygen atoms in total. The summed E-state index contributed by atoms with van der Waals surface area (Å²) in [5, 5.41) is 3.58. The van der Waals surface area contributed by atoms with Crippen LogP contribution in [0.4, 0.5) is 5.69 Å². The second-order valence-corrected chi connectivity index (χ2v) is 11.5. The van der Waals surface area contributed by atoms with E-state index >= 15 is 0 Å². The van der Waals surface area contributed by atoms with Crippen molar-refractivity contribution in [3.8, 4) is 11.5 Å². The molecule has 2 atom stereocenters. The van der Waals surface area contributed by atoms with Crippen LogP contribution in [0.3, 0.4) is 0 Å². The summed E-state index contributed by atoms with van der Waals surface area (Å²) in [6.07, 6.45) is 2.00. The van der Waals surface area contributed by atoms with Crippen molar-refractivity contribution in [1.82, 2.24) is 10.2 Å². The predicted octanol–water partition coefficient (Wildman–Crippen LogP) is 4.21. The van der Waals surface area contributed by atoms with Crippen molar-refractivity contribution in [2.24, 2.45) is 0 Å². The molecule has 0 spiro atoms. The summed E-state index contributed by atoms with van der Waals surface area (Å²) in [7, 11) is -3.89. The number of ether oxygens (including phenoxy) is 2. The van der Waals surface area contributed by atoms with Gasteiger partial charge >= 0.3 is 0 Å². The molecule has 0 saturated heterocycles. The number of amides is 2. The quantitative estimate of drug-likeness (QED) is 0.433. The van der Waals surface area contributed by atoms with Crippen LogP contribution in [0.2, 0.25) is 10.0 Å². The normalized spacial score (nSPS) is 14.1. The van der Waals surface area contributed by atoms with E-state index in [1.54, 1.807) is 31.2 Å². The fourth-order valence-electron chi connectivity index (χ4n) is 3.87. The number of nitrogens with zero attached hydrogens (tertiary/aromatic N) is 2. The lowest BCUT2D eigenvalue weighted by Crippen LogP contribution is -2.53. The fourth-order valence-corrected chi connectivity index (χ4v) is 5.23. The number of halogens is 2. The van der Waals surface area contributed by atoms with E-state index in [1.165, 1.54) is 17.0 Å². The Balaban J connectivity index is 1.99. The molecule has 1 heterocycles. The summed E-state index contributed by atoms with van der Waals surface area (Å²) in [5.74, 6) is -0.0865. The molecule has 12 heteroatoms. The predicted molar refractivity (Wildman–Crippen MR) is 144 cm³/mol. The minimum Gasteiger partial charge on any atom is -0.454 e. The van der Waals surface area contributed by atoms with Gasteiger partial charge in [-0.2, -0.15) is 0 Å². The molecular weight excluding hydrogens is 541 g/mol. The van der Waals surface area contributed by atoms with Crippen LogP contribution in [0, 0.1) is 0 Å². The number of hydrogen-bond acceptors (Lipinski definition) is 6. The van der Waals surface area contributed by atoms with E-state index in [2.05, 4.69) is 5.32 Å². The second kappa shape index (κ2) is 12.2. The maximum Gasteiger partial charge on any atom is 0.244 e. The van der Waals surface area contributed by atoms with Crippen molar-refractivity contribution in [2.45, 2.75) is 52.2 Å². The molecule has 0 unspecified atom stereocenters. The molecule has 0 radical (unpaired) electrons. The third-order valence-electron chi connectivity index (χ3n) is 6.10. The Morgan fingerprint density at radius 3 is 2.30 bits per heavy atom. The first-order valence-electron chi connectivity index (χ1n) is 11.9. The Bertz CT molecular complexity index is 1240. The van der Waals surface area contributed by atoms with Gasteiger partial charge in [0, 0.05) is 34.3 Å². The van der Waals surface area contributed by atoms with E-state index < -0.39 is 28.5 Å². The first-order valence-corrected chi connectivity index (χ1v) is 14.5. The zero-order valence-electron chi connectivity index (χ0n) is 21.2. The zero-order chi connectivity index (χ0) is 27.3. The maximum atomic E-state index is 13.8. The van der Waals surface area contributed by atoms with Crippen LogP contribution in [-0.4, -0.2) is 56.8 Å². The van der Waals surface area contributed by atoms with E-state index in [0.717, 1.165) is 10.6 Å². The molecule has 0 fully saturated rings. The monoisotopic (exact) mass is 571 g/mol. The highest BCUT2D eigenvalue weighted by Gasteiger charge is 2.33. The van der Waals surface area contributed by atoms with Crippen LogP contribution >= 0.6 is 23.2 Å². The van der Waals surface area contributed by atoms with Crippen LogP contribution in [-0.2, 0) is 26.2 Å². The molecule has 0 aromatic heterocycles. The number of carbonyl (C=O) groups excluding carboxylic acids is 2. The average Bonchev–Trinajstić information content (AvgIpc) is 3.31. The number of anilines is 1. The molecule has 1 aliphatic rings. The van der Waals surface area contributed by atoms with Gasteiger partial charge in [0.1, 0.15) is 12.6 Å². The van der Waals surface area contributed by atoms with Crippen molar-refractivity contribution in [1.29, 1.82) is 0 Å². The van der Waals surface area contributed by atoms with Crippen molar-refractivity contribution >= 4 is 50.7 Å². The first kappa shape index (κ1) is 28.9. The molecule has 1 aliphatic heterocycles. The van der Waals surface area contributed by atoms with Crippen LogP contribution in [0.5, 0.6) is 11.5 Å². The van der Waals surface area contributed by atoms with Crippen LogP contribution < -0.4 is 19.1 Å². The minimum absolute atomic E-state index is 0.0203. The van der Waals surface area contributed by atoms with Gasteiger partial charge in [0.15, 0.2) is 11.5 Å². The number of fused-ring (bicyclic) bond motifs is 1. The van der Waals surface area contributed by atoms with Crippen molar-refractivity contribution in [3.05, 3.63) is 52.0 Å². The van der Waals surface area contributed by atoms with Gasteiger partial charge in [-0.05, 0) is 44.0 Å². The average molecular weight is 573 g/mol. The smallest absolute Gasteiger partial charge is 0.244 e. The number of rotatable bonds is 11. The van der Waals surface area contributed by atoms with E-state index in [0.29, 0.717) is 39.9 Å². The lowest BCUT2D eigenvalue weighted by atomic mass is 10.1. The number of benzene rings is 2. The van der Waals surface area contributed by atoms with Gasteiger partial charge in [-0.1, -0.05) is 43.1 Å². The molecule has 0 saturated carbocycles. The summed E-state index contributed by atoms with van der Waals surface area (Å²) < 4.78 is 37.2. The van der Waals surface area contributed by atoms with Crippen molar-refractivity contribution < 1.29 is 27.5 Å². The Morgan fingerprint density at radius 2 is 1.70 bits per heavy atom. The topological polar surface area (TPSA) is 105 Å². The molecule has 2 aromatic carbocycles. The Kier molecular flexibility index (Phi) is 9.55. The summed E-state index contributed by atoms with van der Waals surface area (Å²) in [4.78, 5) is 28.3. The number of hydrogen-bond donors (Lipinski definition) is 1. The maximum absolute atomic E-state index is 13.8. The van der Waals surface area contributed by atoms with Gasteiger partial charge in [-0.15, -0.1) is 0 Å². The molecule has 0 aliphatic carbocycles. The molecule has 3 rings (SSSR count). The lowest BCUT2D eigenvalue weighted by molar-refractivity contribution is -0.140. The van der Waals surface area contributed by atoms with Crippen molar-refractivity contribution in [2.75, 3.05) is 23.9 Å². The summed E-state index contributed by atoms with van der Waals surface area (Å²) in [5.41, 5.74) is 0.691. The third-order valence-corrected chi connectivity index (χ3v) is 7.95. The SMILES string of the molecule is CC[C@H](C)NC(=O)[C@H](CC)N(Cc1c(Cl)cccc1Cl)C(=O)CN(c1ccc2c(c1)OCO2)S(C)(=O)=O. The summed E-state index contributed by atoms with van der Waals surface area (Å²) in [6.45, 7) is 4.98. The van der Waals surface area contributed by atoms with E-state index in [9.17, 15) is 18.0 Å². The Morgan fingerprint density at radius 1 is 1.05 bits per heavy atom. The largest absolute Gasteiger partial charge is 0.454 e. The third kappa shape index (κ3) is 7.00. The summed E-state index contributed by atoms with van der Waals surface area (Å²) in [6, 6.07) is 8.58. The van der Waals surface area contributed by atoms with Crippen LogP contribution in [0.15, 0.2) is 36.4 Å². The Hall–Kier alpha value is -2.69. The van der Waals surface area contributed by atoms with E-state index in [4.69, 9.17) is 32.7 Å². The highest BCUT2D eigenvalue weighted by Crippen LogP contribution is 2.36. The Labute approximate surface area is 227 Å². The first-order chi connectivity index (χ1) is 17.5. The second-order valence-electron chi connectivity index (χ2n) is 8.77. The van der Waals surface area contributed by atoms with Gasteiger partial charge in [-0.3, -0.25) is 13.9 Å². The van der Waals surface area contributed by atoms with Crippen LogP contribution in [0.25, 0.3) is 0 Å². The highest BCUT2D eigenvalue weighted by molar-refractivity contribution is 7.92. The fraction of sp³-hybridized carbons (Fsp3) is 0.440. The lowest BCUT2D eigenvalue weighted by Gasteiger charge is -2.33. The molecule has 2 aromatic rings. The van der Waals surface area contributed by atoms with Gasteiger partial charge in [0.25, 0.3) is 0 Å². The zero-order valence-corrected chi connectivity index (χ0v) is 23.5. The van der Waals surface area contributed by atoms with Crippen molar-refractivity contribution in [3.63, 3.8) is 0 Å². The van der Waals surface area contributed by atoms with E-state index in [-0.39, 0.29) is 31.0 Å². The number of nitrogens with one attached hydrogen (secondary N) is 1. The standard InChI is InChI=1S/C25H31Cl2N3O6S/c1-5-16(3)28-25(32)21(6-2)29(13-18-19(26)8-7-9-20(18)27)24(31)14-30(37(4,33)34)17-10-11-22-23(12-17)36-15-35-22/h7-12,16,21H,5-6,13-15H2,1-4H3,(H,28,32)/t16-,21-/m0/s1. The number of sulfonamides is 1. The molecule has 0 bridgehead atoms. The van der Waals surface area contributed by atoms with Gasteiger partial charge in [0.05, 0.1) is 11.9 Å². The van der Waals surface area contributed by atoms with Crippen LogP contribution in [0.1, 0.15) is 39.2 Å². The summed E-state index contributed by atoms with van der Waals surface area (Å²) >= 11 is 12.8. The highest BCUT2D eigenvalue weighted by atomic mass is 35.5. The van der Waals surface area contributed by atoms with E-state index in [1.807, 2.05) is 13.8 Å². The molecule has 1 N–H and O–H groups in total. The minimum atomic E-state index is -3.89. The molecular formula is C25H31Cl2N3O6S. The van der Waals surface area contributed by atoms with Gasteiger partial charge < -0.3 is 19.7 Å². The number of carbonyl (C=O) groups is 2.